The van der Waals surface area contributed by atoms with Crippen molar-refractivity contribution in [3.05, 3.63) is 12.2 Å². The summed E-state index contributed by atoms with van der Waals surface area (Å²) in [4.78, 5) is 22.5. The Labute approximate surface area is 83.0 Å². The summed E-state index contributed by atoms with van der Waals surface area (Å²) in [7, 11) is -2.79. The number of carbonyl (C=O) groups is 2. The normalized spacial score (nSPS) is 17.2. The van der Waals surface area contributed by atoms with E-state index >= 15 is 0 Å². The van der Waals surface area contributed by atoms with Crippen LogP contribution >= 0.6 is 0 Å². The Bertz CT molecular complexity index is 282. The van der Waals surface area contributed by atoms with Crippen molar-refractivity contribution in [1.29, 1.82) is 0 Å². The maximum Gasteiger partial charge on any atom is 0.316 e. The summed E-state index contributed by atoms with van der Waals surface area (Å²) in [5.41, 5.74) is 0. The van der Waals surface area contributed by atoms with Crippen molar-refractivity contribution in [2.45, 2.75) is 26.7 Å². The zero-order valence-corrected chi connectivity index (χ0v) is 7.87. The lowest BCUT2D eigenvalue weighted by molar-refractivity contribution is -0.148. The molecule has 0 N–H and O–H groups in total. The van der Waals surface area contributed by atoms with Crippen LogP contribution in [0.3, 0.4) is 0 Å². The monoisotopic (exact) mass is 187 g/mol. The molecular weight excluding hydrogens is 168 g/mol. The van der Waals surface area contributed by atoms with Gasteiger partial charge >= 0.3 is 5.97 Å². The molecule has 0 saturated carbocycles. The van der Waals surface area contributed by atoms with Gasteiger partial charge in [0.2, 0.25) is 0 Å². The van der Waals surface area contributed by atoms with E-state index in [1.54, 1.807) is 12.2 Å². The number of Topliss-reactive ketones (excluding diaryl/α,β-unsaturated/α-hetero) is 1. The zero-order chi connectivity index (χ0) is 12.8. The summed E-state index contributed by atoms with van der Waals surface area (Å²) in [6.07, 6.45) is 4.45. The molecule has 3 heteroatoms. The van der Waals surface area contributed by atoms with Crippen molar-refractivity contribution in [1.82, 2.24) is 0 Å². The van der Waals surface area contributed by atoms with Crippen LogP contribution in [0.5, 0.6) is 0 Å². The lowest BCUT2D eigenvalue weighted by Crippen LogP contribution is -2.22. The van der Waals surface area contributed by atoms with Crippen LogP contribution in [0.1, 0.15) is 30.8 Å². The maximum absolute atomic E-state index is 11.4. The SMILES string of the molecule is [2H]C([2H])([2H])OC(=O)C(C/C=C\CC)C(C)=O. The molecule has 0 aliphatic carbocycles. The second-order valence-electron chi connectivity index (χ2n) is 2.70. The molecule has 0 radical (unpaired) electrons. The molecule has 0 rings (SSSR count). The number of ether oxygens (including phenoxy) is 1. The van der Waals surface area contributed by atoms with Crippen molar-refractivity contribution in [2.24, 2.45) is 5.92 Å². The number of rotatable bonds is 5. The van der Waals surface area contributed by atoms with E-state index in [2.05, 4.69) is 4.74 Å². The predicted octanol–water partition coefficient (Wildman–Crippen LogP) is 1.72. The number of carbonyl (C=O) groups excluding carboxylic acids is 2. The number of hydrogen-bond acceptors (Lipinski definition) is 3. The topological polar surface area (TPSA) is 43.4 Å². The van der Waals surface area contributed by atoms with E-state index in [4.69, 9.17) is 4.11 Å². The number of methoxy groups -OCH3 is 1. The summed E-state index contributed by atoms with van der Waals surface area (Å²) in [6.45, 7) is 3.16. The van der Waals surface area contributed by atoms with Crippen LogP contribution < -0.4 is 0 Å². The first-order chi connectivity index (χ1) is 7.28. The van der Waals surface area contributed by atoms with Gasteiger partial charge in [-0.1, -0.05) is 19.1 Å². The third kappa shape index (κ3) is 4.45. The van der Waals surface area contributed by atoms with E-state index in [-0.39, 0.29) is 6.42 Å². The summed E-state index contributed by atoms with van der Waals surface area (Å²) < 4.78 is 24.5. The first-order valence-corrected chi connectivity index (χ1v) is 4.16. The van der Waals surface area contributed by atoms with Gasteiger partial charge in [-0.2, -0.15) is 0 Å². The van der Waals surface area contributed by atoms with Crippen LogP contribution in [0.4, 0.5) is 0 Å². The van der Waals surface area contributed by atoms with Crippen LogP contribution in [-0.2, 0) is 14.3 Å². The van der Waals surface area contributed by atoms with E-state index in [0.29, 0.717) is 0 Å². The second kappa shape index (κ2) is 6.40. The molecule has 0 aromatic rings. The van der Waals surface area contributed by atoms with Gasteiger partial charge in [0.25, 0.3) is 0 Å². The fraction of sp³-hybridized carbons (Fsp3) is 0.600. The molecule has 74 valence electrons. The van der Waals surface area contributed by atoms with Gasteiger partial charge in [-0.25, -0.2) is 0 Å². The molecule has 0 aliphatic heterocycles. The third-order valence-corrected chi connectivity index (χ3v) is 1.65. The molecule has 0 aliphatic rings. The van der Waals surface area contributed by atoms with Crippen LogP contribution in [-0.4, -0.2) is 18.8 Å². The van der Waals surface area contributed by atoms with E-state index in [9.17, 15) is 9.59 Å². The number of esters is 1. The highest BCUT2D eigenvalue weighted by Gasteiger charge is 2.22. The van der Waals surface area contributed by atoms with E-state index in [0.717, 1.165) is 6.42 Å². The van der Waals surface area contributed by atoms with E-state index < -0.39 is 24.7 Å². The molecule has 0 saturated heterocycles. The largest absolute Gasteiger partial charge is 0.468 e. The summed E-state index contributed by atoms with van der Waals surface area (Å²) in [5, 5.41) is 0. The molecule has 1 atom stereocenters. The molecule has 0 fully saturated rings. The fourth-order valence-electron chi connectivity index (χ4n) is 0.898. The van der Waals surface area contributed by atoms with Gasteiger partial charge in [0.1, 0.15) is 11.7 Å². The Morgan fingerprint density at radius 1 is 1.54 bits per heavy atom. The van der Waals surface area contributed by atoms with Crippen molar-refractivity contribution < 1.29 is 18.4 Å². The first-order valence-electron chi connectivity index (χ1n) is 5.66. The summed E-state index contributed by atoms with van der Waals surface area (Å²) in [6, 6.07) is 0. The number of ketones is 1. The Balaban J connectivity index is 4.48. The van der Waals surface area contributed by atoms with Crippen LogP contribution in [0.15, 0.2) is 12.2 Å². The quantitative estimate of drug-likeness (QED) is 0.374. The predicted molar refractivity (Wildman–Crippen MR) is 50.2 cm³/mol. The number of hydrogen-bond donors (Lipinski definition) is 0. The molecule has 3 nitrogen and oxygen atoms in total. The van der Waals surface area contributed by atoms with Crippen molar-refractivity contribution >= 4 is 11.8 Å². The Morgan fingerprint density at radius 3 is 2.69 bits per heavy atom. The highest BCUT2D eigenvalue weighted by molar-refractivity contribution is 5.97. The van der Waals surface area contributed by atoms with Crippen LogP contribution in [0.2, 0.25) is 0 Å². The molecule has 0 aromatic heterocycles. The molecule has 0 spiro atoms. The highest BCUT2D eigenvalue weighted by atomic mass is 16.5. The minimum absolute atomic E-state index is 0.179. The van der Waals surface area contributed by atoms with Gasteiger partial charge in [0.15, 0.2) is 0 Å². The standard InChI is InChI=1S/C10H16O3/c1-4-5-6-7-9(8(2)11)10(12)13-3/h5-6,9H,4,7H2,1-3H3/b6-5-/i3D3. The van der Waals surface area contributed by atoms with Crippen molar-refractivity contribution in [2.75, 3.05) is 7.04 Å². The third-order valence-electron chi connectivity index (χ3n) is 1.65. The second-order valence-corrected chi connectivity index (χ2v) is 2.70. The summed E-state index contributed by atoms with van der Waals surface area (Å²) >= 11 is 0. The Kier molecular flexibility index (Phi) is 3.59. The average Bonchev–Trinajstić information content (AvgIpc) is 2.08. The van der Waals surface area contributed by atoms with E-state index in [1.165, 1.54) is 6.92 Å². The maximum atomic E-state index is 11.4. The van der Waals surface area contributed by atoms with Crippen LogP contribution in [0, 0.1) is 5.92 Å². The minimum Gasteiger partial charge on any atom is -0.468 e. The molecule has 1 unspecified atom stereocenters. The van der Waals surface area contributed by atoms with E-state index in [1.807, 2.05) is 6.92 Å². The molecule has 0 aromatic carbocycles. The molecule has 0 heterocycles. The molecule has 0 amide bonds. The lowest BCUT2D eigenvalue weighted by Gasteiger charge is -2.07. The smallest absolute Gasteiger partial charge is 0.316 e. The average molecular weight is 187 g/mol. The highest BCUT2D eigenvalue weighted by Crippen LogP contribution is 2.08. The minimum atomic E-state index is -2.79. The first kappa shape index (κ1) is 7.30. The van der Waals surface area contributed by atoms with Crippen molar-refractivity contribution in [3.63, 3.8) is 0 Å². The van der Waals surface area contributed by atoms with Gasteiger partial charge < -0.3 is 4.74 Å². The number of allylic oxidation sites excluding steroid dienone is 2. The van der Waals surface area contributed by atoms with Crippen LogP contribution in [0.25, 0.3) is 0 Å². The van der Waals surface area contributed by atoms with Crippen molar-refractivity contribution in [3.8, 4) is 0 Å². The lowest BCUT2D eigenvalue weighted by atomic mass is 10.0. The van der Waals surface area contributed by atoms with Gasteiger partial charge in [0, 0.05) is 0 Å². The van der Waals surface area contributed by atoms with Gasteiger partial charge in [0.05, 0.1) is 11.2 Å². The Hall–Kier alpha value is -1.12. The fourth-order valence-corrected chi connectivity index (χ4v) is 0.898. The Morgan fingerprint density at radius 2 is 2.23 bits per heavy atom. The van der Waals surface area contributed by atoms with Gasteiger partial charge in [-0.15, -0.1) is 0 Å². The van der Waals surface area contributed by atoms with Gasteiger partial charge in [-0.3, -0.25) is 9.59 Å². The molecule has 13 heavy (non-hydrogen) atoms. The molecule has 0 bridgehead atoms. The zero-order valence-electron chi connectivity index (χ0n) is 10.9. The summed E-state index contributed by atoms with van der Waals surface area (Å²) in [5.74, 6) is -2.41. The molecular formula is C10H16O3. The van der Waals surface area contributed by atoms with Gasteiger partial charge in [-0.05, 0) is 19.8 Å².